The topological polar surface area (TPSA) is 81.8 Å². The first-order chi connectivity index (χ1) is 6.60. The molecule has 15 heavy (non-hydrogen) atoms. The Morgan fingerprint density at radius 1 is 1.27 bits per heavy atom. The van der Waals surface area contributed by atoms with Crippen molar-refractivity contribution in [3.05, 3.63) is 17.7 Å². The molecule has 0 saturated heterocycles. The molecule has 0 aliphatic rings. The summed E-state index contributed by atoms with van der Waals surface area (Å²) in [7, 11) is 2.89. The van der Waals surface area contributed by atoms with Gasteiger partial charge in [-0.25, -0.2) is 4.79 Å². The summed E-state index contributed by atoms with van der Waals surface area (Å²) in [6.45, 7) is 0. The fraction of sp³-hybridized carbons (Fsp3) is 0.222. The first-order valence-electron chi connectivity index (χ1n) is 3.85. The van der Waals surface area contributed by atoms with Crippen LogP contribution in [0, 0.1) is 0 Å². The van der Waals surface area contributed by atoms with Crippen LogP contribution < -0.4 is 15.2 Å². The van der Waals surface area contributed by atoms with Crippen LogP contribution in [0.15, 0.2) is 12.1 Å². The van der Waals surface area contributed by atoms with E-state index in [1.54, 1.807) is 0 Å². The molecular formula is C9H12ClNO4. The van der Waals surface area contributed by atoms with Gasteiger partial charge in [0.15, 0.2) is 11.5 Å². The third-order valence-electron chi connectivity index (χ3n) is 1.79. The molecule has 1 aromatic rings. The molecule has 0 heterocycles. The molecular weight excluding hydrogens is 222 g/mol. The van der Waals surface area contributed by atoms with Crippen LogP contribution in [0.2, 0.25) is 0 Å². The summed E-state index contributed by atoms with van der Waals surface area (Å²) < 4.78 is 9.89. The van der Waals surface area contributed by atoms with Gasteiger partial charge in [0.25, 0.3) is 0 Å². The largest absolute Gasteiger partial charge is 0.493 e. The number of methoxy groups -OCH3 is 2. The maximum absolute atomic E-state index is 10.7. The minimum atomic E-state index is -1.09. The number of rotatable bonds is 3. The highest BCUT2D eigenvalue weighted by atomic mass is 35.5. The molecule has 0 aliphatic carbocycles. The monoisotopic (exact) mass is 233 g/mol. The summed E-state index contributed by atoms with van der Waals surface area (Å²) in [5.41, 5.74) is 5.66. The second kappa shape index (κ2) is 5.31. The van der Waals surface area contributed by atoms with Crippen molar-refractivity contribution >= 4 is 24.1 Å². The Labute approximate surface area is 93.2 Å². The number of aromatic carboxylic acids is 1. The maximum Gasteiger partial charge on any atom is 0.337 e. The maximum atomic E-state index is 10.7. The third kappa shape index (κ3) is 2.66. The van der Waals surface area contributed by atoms with Crippen LogP contribution in [-0.4, -0.2) is 25.3 Å². The SMILES string of the molecule is COc1cc(N)c(C(=O)O)cc1OC.Cl. The van der Waals surface area contributed by atoms with E-state index in [2.05, 4.69) is 0 Å². The Morgan fingerprint density at radius 3 is 2.13 bits per heavy atom. The Kier molecular flexibility index (Phi) is 4.73. The first kappa shape index (κ1) is 13.4. The fourth-order valence-corrected chi connectivity index (χ4v) is 1.08. The lowest BCUT2D eigenvalue weighted by Crippen LogP contribution is -2.04. The number of ether oxygens (including phenoxy) is 2. The van der Waals surface area contributed by atoms with Gasteiger partial charge in [-0.1, -0.05) is 0 Å². The summed E-state index contributed by atoms with van der Waals surface area (Å²) in [5.74, 6) is -0.336. The smallest absolute Gasteiger partial charge is 0.337 e. The van der Waals surface area contributed by atoms with E-state index in [1.807, 2.05) is 0 Å². The summed E-state index contributed by atoms with van der Waals surface area (Å²) in [6.07, 6.45) is 0. The Bertz CT molecular complexity index is 367. The highest BCUT2D eigenvalue weighted by Crippen LogP contribution is 2.31. The molecule has 1 aromatic carbocycles. The van der Waals surface area contributed by atoms with E-state index in [0.29, 0.717) is 11.5 Å². The van der Waals surface area contributed by atoms with Crippen LogP contribution in [0.1, 0.15) is 10.4 Å². The van der Waals surface area contributed by atoms with Gasteiger partial charge in [-0.3, -0.25) is 0 Å². The molecule has 0 fully saturated rings. The van der Waals surface area contributed by atoms with Gasteiger partial charge in [0.1, 0.15) is 0 Å². The summed E-state index contributed by atoms with van der Waals surface area (Å²) in [5, 5.41) is 8.77. The number of carbonyl (C=O) groups is 1. The van der Waals surface area contributed by atoms with Crippen LogP contribution >= 0.6 is 12.4 Å². The molecule has 0 atom stereocenters. The summed E-state index contributed by atoms with van der Waals surface area (Å²) in [6, 6.07) is 2.75. The van der Waals surface area contributed by atoms with Gasteiger partial charge in [0.05, 0.1) is 25.5 Å². The average Bonchev–Trinajstić information content (AvgIpc) is 2.16. The average molecular weight is 234 g/mol. The molecule has 6 heteroatoms. The van der Waals surface area contributed by atoms with Crippen molar-refractivity contribution < 1.29 is 19.4 Å². The van der Waals surface area contributed by atoms with Crippen LogP contribution in [0.4, 0.5) is 5.69 Å². The molecule has 0 spiro atoms. The number of hydrogen-bond acceptors (Lipinski definition) is 4. The third-order valence-corrected chi connectivity index (χ3v) is 1.79. The molecule has 3 N–H and O–H groups in total. The predicted molar refractivity (Wildman–Crippen MR) is 58.2 cm³/mol. The van der Waals surface area contributed by atoms with E-state index in [0.717, 1.165) is 0 Å². The van der Waals surface area contributed by atoms with Gasteiger partial charge in [-0.15, -0.1) is 12.4 Å². The molecule has 0 aliphatic heterocycles. The van der Waals surface area contributed by atoms with Crippen molar-refractivity contribution in [1.82, 2.24) is 0 Å². The summed E-state index contributed by atoms with van der Waals surface area (Å²) >= 11 is 0. The molecule has 0 unspecified atom stereocenters. The quantitative estimate of drug-likeness (QED) is 0.772. The number of nitrogen functional groups attached to an aromatic ring is 1. The Morgan fingerprint density at radius 2 is 1.73 bits per heavy atom. The highest BCUT2D eigenvalue weighted by Gasteiger charge is 2.13. The minimum absolute atomic E-state index is 0. The van der Waals surface area contributed by atoms with Crippen molar-refractivity contribution in [3.63, 3.8) is 0 Å². The standard InChI is InChI=1S/C9H11NO4.ClH/c1-13-7-3-5(9(11)12)6(10)4-8(7)14-2;/h3-4H,10H2,1-2H3,(H,11,12);1H. The zero-order chi connectivity index (χ0) is 10.7. The van der Waals surface area contributed by atoms with E-state index in [4.69, 9.17) is 20.3 Å². The number of nitrogens with two attached hydrogens (primary N) is 1. The van der Waals surface area contributed by atoms with Gasteiger partial charge >= 0.3 is 5.97 Å². The molecule has 84 valence electrons. The van der Waals surface area contributed by atoms with E-state index in [-0.39, 0.29) is 23.7 Å². The lowest BCUT2D eigenvalue weighted by Gasteiger charge is -2.09. The second-order valence-corrected chi connectivity index (χ2v) is 2.60. The van der Waals surface area contributed by atoms with Crippen LogP contribution in [-0.2, 0) is 0 Å². The summed E-state index contributed by atoms with van der Waals surface area (Å²) in [4.78, 5) is 10.7. The van der Waals surface area contributed by atoms with E-state index < -0.39 is 5.97 Å². The number of carboxylic acid groups (broad SMARTS) is 1. The van der Waals surface area contributed by atoms with Crippen LogP contribution in [0.25, 0.3) is 0 Å². The van der Waals surface area contributed by atoms with E-state index >= 15 is 0 Å². The lowest BCUT2D eigenvalue weighted by atomic mass is 10.1. The number of anilines is 1. The van der Waals surface area contributed by atoms with Crippen LogP contribution in [0.5, 0.6) is 11.5 Å². The Hall–Kier alpha value is -1.62. The van der Waals surface area contributed by atoms with Crippen LogP contribution in [0.3, 0.4) is 0 Å². The molecule has 0 bridgehead atoms. The predicted octanol–water partition coefficient (Wildman–Crippen LogP) is 1.41. The van der Waals surface area contributed by atoms with Crippen molar-refractivity contribution in [2.75, 3.05) is 20.0 Å². The minimum Gasteiger partial charge on any atom is -0.493 e. The highest BCUT2D eigenvalue weighted by molar-refractivity contribution is 5.94. The lowest BCUT2D eigenvalue weighted by molar-refractivity contribution is 0.0697. The van der Waals surface area contributed by atoms with Gasteiger partial charge < -0.3 is 20.3 Å². The van der Waals surface area contributed by atoms with Crippen molar-refractivity contribution in [1.29, 1.82) is 0 Å². The van der Waals surface area contributed by atoms with Crippen molar-refractivity contribution in [2.24, 2.45) is 0 Å². The molecule has 5 nitrogen and oxygen atoms in total. The van der Waals surface area contributed by atoms with Gasteiger partial charge in [0, 0.05) is 12.1 Å². The van der Waals surface area contributed by atoms with Crippen molar-refractivity contribution in [3.8, 4) is 11.5 Å². The number of hydrogen-bond donors (Lipinski definition) is 2. The van der Waals surface area contributed by atoms with Gasteiger partial charge in [0.2, 0.25) is 0 Å². The number of carboxylic acids is 1. The number of benzene rings is 1. The molecule has 0 aromatic heterocycles. The van der Waals surface area contributed by atoms with Crippen molar-refractivity contribution in [2.45, 2.75) is 0 Å². The molecule has 1 rings (SSSR count). The zero-order valence-electron chi connectivity index (χ0n) is 8.31. The van der Waals surface area contributed by atoms with E-state index in [9.17, 15) is 4.79 Å². The second-order valence-electron chi connectivity index (χ2n) is 2.60. The molecule has 0 radical (unpaired) electrons. The fourth-order valence-electron chi connectivity index (χ4n) is 1.08. The van der Waals surface area contributed by atoms with Gasteiger partial charge in [-0.2, -0.15) is 0 Å². The Balaban J connectivity index is 0.00000196. The zero-order valence-corrected chi connectivity index (χ0v) is 9.13. The molecule has 0 saturated carbocycles. The normalized spacial score (nSPS) is 8.93. The number of halogens is 1. The first-order valence-corrected chi connectivity index (χ1v) is 3.85. The molecule has 0 amide bonds. The van der Waals surface area contributed by atoms with E-state index in [1.165, 1.54) is 26.4 Å². The van der Waals surface area contributed by atoms with Gasteiger partial charge in [-0.05, 0) is 0 Å².